The summed E-state index contributed by atoms with van der Waals surface area (Å²) in [6.45, 7) is 3.44. The molecule has 1 heterocycles. The van der Waals surface area contributed by atoms with Crippen molar-refractivity contribution < 1.29 is 23.9 Å². The summed E-state index contributed by atoms with van der Waals surface area (Å²) in [5, 5.41) is 5.49. The van der Waals surface area contributed by atoms with Gasteiger partial charge in [-0.15, -0.1) is 0 Å². The lowest BCUT2D eigenvalue weighted by molar-refractivity contribution is -0.151. The highest BCUT2D eigenvalue weighted by Gasteiger charge is 2.55. The number of benzene rings is 1. The molecule has 8 nitrogen and oxygen atoms in total. The molecule has 0 unspecified atom stereocenters. The smallest absolute Gasteiger partial charge is 0.326 e. The Morgan fingerprint density at radius 1 is 1.27 bits per heavy atom. The zero-order valence-electron chi connectivity index (χ0n) is 17.5. The molecule has 2 N–H and O–H groups in total. The van der Waals surface area contributed by atoms with Crippen molar-refractivity contribution in [3.8, 4) is 0 Å². The molecule has 2 fully saturated rings. The molecule has 0 radical (unpaired) electrons. The molecule has 1 aromatic rings. The van der Waals surface area contributed by atoms with Crippen LogP contribution >= 0.6 is 0 Å². The molecule has 162 valence electrons. The van der Waals surface area contributed by atoms with Gasteiger partial charge in [0.05, 0.1) is 0 Å². The Bertz CT molecular complexity index is 840. The van der Waals surface area contributed by atoms with Crippen molar-refractivity contribution in [2.45, 2.75) is 51.5 Å². The van der Waals surface area contributed by atoms with Gasteiger partial charge in [-0.3, -0.25) is 19.3 Å². The number of imide groups is 1. The molecule has 2 aliphatic rings. The topological polar surface area (TPSA) is 105 Å². The fraction of sp³-hybridized carbons (Fsp3) is 0.545. The van der Waals surface area contributed by atoms with E-state index in [1.54, 1.807) is 0 Å². The maximum atomic E-state index is 12.8. The summed E-state index contributed by atoms with van der Waals surface area (Å²) >= 11 is 0. The van der Waals surface area contributed by atoms with Crippen molar-refractivity contribution in [3.05, 3.63) is 35.4 Å². The quantitative estimate of drug-likeness (QED) is 0.521. The fourth-order valence-electron chi connectivity index (χ4n) is 4.24. The summed E-state index contributed by atoms with van der Waals surface area (Å²) in [5.41, 5.74) is 1.37. The van der Waals surface area contributed by atoms with Gasteiger partial charge in [-0.05, 0) is 43.2 Å². The van der Waals surface area contributed by atoms with Gasteiger partial charge < -0.3 is 15.4 Å². The van der Waals surface area contributed by atoms with E-state index < -0.39 is 36.6 Å². The molecule has 1 aliphatic heterocycles. The van der Waals surface area contributed by atoms with Gasteiger partial charge in [0, 0.05) is 6.54 Å². The van der Waals surface area contributed by atoms with Gasteiger partial charge in [-0.25, -0.2) is 4.79 Å². The number of ether oxygens (including phenoxy) is 1. The molecule has 0 bridgehead atoms. The number of urea groups is 1. The van der Waals surface area contributed by atoms with Crippen LogP contribution in [0.2, 0.25) is 0 Å². The van der Waals surface area contributed by atoms with Gasteiger partial charge in [0.1, 0.15) is 12.1 Å². The number of aryl methyl sites for hydroxylation is 1. The van der Waals surface area contributed by atoms with Crippen LogP contribution in [0.4, 0.5) is 4.79 Å². The summed E-state index contributed by atoms with van der Waals surface area (Å²) in [6, 6.07) is 7.33. The third-order valence-electron chi connectivity index (χ3n) is 6.13. The van der Waals surface area contributed by atoms with Crippen LogP contribution in [0.25, 0.3) is 0 Å². The van der Waals surface area contributed by atoms with E-state index in [4.69, 9.17) is 4.74 Å². The minimum Gasteiger partial charge on any atom is -0.454 e. The summed E-state index contributed by atoms with van der Waals surface area (Å²) in [6.07, 6.45) is 3.99. The number of nitrogens with zero attached hydrogens (tertiary/aromatic N) is 1. The lowest BCUT2D eigenvalue weighted by Gasteiger charge is -2.36. The monoisotopic (exact) mass is 415 g/mol. The molecule has 8 heteroatoms. The number of carbonyl (C=O) groups excluding carboxylic acids is 4. The van der Waals surface area contributed by atoms with Crippen LogP contribution in [0.1, 0.15) is 43.7 Å². The minimum absolute atomic E-state index is 0.0164. The van der Waals surface area contributed by atoms with E-state index in [1.165, 1.54) is 0 Å². The second-order valence-corrected chi connectivity index (χ2v) is 8.13. The molecular formula is C22H29N3O5. The molecule has 1 saturated heterocycles. The number of rotatable bonds is 7. The first kappa shape index (κ1) is 21.8. The third-order valence-corrected chi connectivity index (χ3v) is 6.13. The molecular weight excluding hydrogens is 386 g/mol. The van der Waals surface area contributed by atoms with E-state index in [-0.39, 0.29) is 11.8 Å². The van der Waals surface area contributed by atoms with Crippen molar-refractivity contribution in [2.24, 2.45) is 5.92 Å². The highest BCUT2D eigenvalue weighted by atomic mass is 16.5. The maximum Gasteiger partial charge on any atom is 0.326 e. The summed E-state index contributed by atoms with van der Waals surface area (Å²) in [7, 11) is 0. The Morgan fingerprint density at radius 3 is 2.77 bits per heavy atom. The van der Waals surface area contributed by atoms with Crippen LogP contribution in [0.5, 0.6) is 0 Å². The summed E-state index contributed by atoms with van der Waals surface area (Å²) < 4.78 is 4.97. The Balaban J connectivity index is 1.43. The molecule has 0 aromatic heterocycles. The molecule has 3 rings (SSSR count). The Labute approximate surface area is 176 Å². The van der Waals surface area contributed by atoms with Crippen LogP contribution in [-0.4, -0.2) is 54.0 Å². The number of hydrogen-bond donors (Lipinski definition) is 2. The number of esters is 1. The average Bonchev–Trinajstić information content (AvgIpc) is 2.95. The largest absolute Gasteiger partial charge is 0.454 e. The zero-order chi connectivity index (χ0) is 21.7. The van der Waals surface area contributed by atoms with Crippen LogP contribution in [0.15, 0.2) is 24.3 Å². The second kappa shape index (κ2) is 9.28. The van der Waals surface area contributed by atoms with Gasteiger partial charge in [-0.1, -0.05) is 44.0 Å². The minimum atomic E-state index is -0.914. The standard InChI is InChI=1S/C22H29N3O5/c1-15-7-3-4-9-17(15)10-12-23-18(26)14-30-19(27)13-25-20(28)22(24-21(25)29)11-6-5-8-16(22)2/h3-4,7,9,16H,5-6,8,10-14H2,1-2H3,(H,23,26)(H,24,29)/t16-,22-/m0/s1. The van der Waals surface area contributed by atoms with Crippen molar-refractivity contribution in [3.63, 3.8) is 0 Å². The predicted molar refractivity (Wildman–Crippen MR) is 109 cm³/mol. The number of amides is 4. The first-order valence-electron chi connectivity index (χ1n) is 10.4. The first-order valence-corrected chi connectivity index (χ1v) is 10.4. The fourth-order valence-corrected chi connectivity index (χ4v) is 4.24. The van der Waals surface area contributed by atoms with Crippen LogP contribution in [0.3, 0.4) is 0 Å². The zero-order valence-corrected chi connectivity index (χ0v) is 17.5. The van der Waals surface area contributed by atoms with E-state index in [9.17, 15) is 19.2 Å². The molecule has 1 saturated carbocycles. The Hall–Kier alpha value is -2.90. The van der Waals surface area contributed by atoms with Gasteiger partial charge in [-0.2, -0.15) is 0 Å². The Kier molecular flexibility index (Phi) is 6.74. The van der Waals surface area contributed by atoms with Crippen LogP contribution in [-0.2, 0) is 25.5 Å². The molecule has 4 amide bonds. The molecule has 1 aliphatic carbocycles. The van der Waals surface area contributed by atoms with Crippen LogP contribution < -0.4 is 10.6 Å². The highest BCUT2D eigenvalue weighted by molar-refractivity contribution is 6.09. The van der Waals surface area contributed by atoms with E-state index in [2.05, 4.69) is 10.6 Å². The van der Waals surface area contributed by atoms with Crippen molar-refractivity contribution in [2.75, 3.05) is 19.7 Å². The van der Waals surface area contributed by atoms with Crippen molar-refractivity contribution >= 4 is 23.8 Å². The molecule has 30 heavy (non-hydrogen) atoms. The van der Waals surface area contributed by atoms with Crippen molar-refractivity contribution in [1.82, 2.24) is 15.5 Å². The van der Waals surface area contributed by atoms with Gasteiger partial charge in [0.25, 0.3) is 11.8 Å². The molecule has 1 spiro atoms. The summed E-state index contributed by atoms with van der Waals surface area (Å²) in [5.74, 6) is -1.57. The lowest BCUT2D eigenvalue weighted by Crippen LogP contribution is -2.54. The van der Waals surface area contributed by atoms with Crippen molar-refractivity contribution in [1.29, 1.82) is 0 Å². The average molecular weight is 415 g/mol. The first-order chi connectivity index (χ1) is 14.3. The van der Waals surface area contributed by atoms with Crippen LogP contribution in [0, 0.1) is 12.8 Å². The number of carbonyl (C=O) groups is 4. The Morgan fingerprint density at radius 2 is 2.03 bits per heavy atom. The molecule has 1 aromatic carbocycles. The van der Waals surface area contributed by atoms with E-state index >= 15 is 0 Å². The highest BCUT2D eigenvalue weighted by Crippen LogP contribution is 2.38. The van der Waals surface area contributed by atoms with E-state index in [1.807, 2.05) is 38.1 Å². The van der Waals surface area contributed by atoms with Gasteiger partial charge in [0.15, 0.2) is 6.61 Å². The second-order valence-electron chi connectivity index (χ2n) is 8.13. The van der Waals surface area contributed by atoms with Gasteiger partial charge >= 0.3 is 12.0 Å². The van der Waals surface area contributed by atoms with Gasteiger partial charge in [0.2, 0.25) is 0 Å². The molecule has 2 atom stereocenters. The third kappa shape index (κ3) is 4.63. The maximum absolute atomic E-state index is 12.8. The number of nitrogens with one attached hydrogen (secondary N) is 2. The predicted octanol–water partition coefficient (Wildman–Crippen LogP) is 1.70. The normalized spacial score (nSPS) is 23.4. The lowest BCUT2D eigenvalue weighted by atomic mass is 9.73. The summed E-state index contributed by atoms with van der Waals surface area (Å²) in [4.78, 5) is 50.1. The van der Waals surface area contributed by atoms with E-state index in [0.29, 0.717) is 19.4 Å². The SMILES string of the molecule is Cc1ccccc1CCNC(=O)COC(=O)CN1C(=O)N[C@]2(CCCC[C@@H]2C)C1=O. The number of hydrogen-bond acceptors (Lipinski definition) is 5. The van der Waals surface area contributed by atoms with E-state index in [0.717, 1.165) is 35.3 Å².